The molecule has 172 valence electrons. The Morgan fingerprint density at radius 1 is 1.03 bits per heavy atom. The number of primary amides is 1. The fraction of sp³-hybridized carbons (Fsp3) is 0.308. The third-order valence-corrected chi connectivity index (χ3v) is 5.61. The van der Waals surface area contributed by atoms with Crippen LogP contribution in [0.3, 0.4) is 0 Å². The van der Waals surface area contributed by atoms with Crippen LogP contribution in [0.2, 0.25) is 0 Å². The summed E-state index contributed by atoms with van der Waals surface area (Å²) in [6.07, 6.45) is 6.19. The van der Waals surface area contributed by atoms with E-state index in [0.29, 0.717) is 22.8 Å². The van der Waals surface area contributed by atoms with Gasteiger partial charge in [0.05, 0.1) is 5.69 Å². The normalized spacial score (nSPS) is 10.6. The number of anilines is 2. The number of carbonyl (C=O) groups is 2. The van der Waals surface area contributed by atoms with Gasteiger partial charge in [-0.05, 0) is 55.3 Å². The molecule has 0 aliphatic heterocycles. The molecule has 0 bridgehead atoms. The number of hydrogen-bond acceptors (Lipinski definition) is 5. The minimum absolute atomic E-state index is 0.0149. The maximum Gasteiger partial charge on any atom is 0.253 e. The van der Waals surface area contributed by atoms with Crippen LogP contribution in [0, 0.1) is 6.92 Å². The predicted molar refractivity (Wildman–Crippen MR) is 132 cm³/mol. The molecule has 7 heteroatoms. The zero-order valence-corrected chi connectivity index (χ0v) is 19.5. The van der Waals surface area contributed by atoms with Crippen LogP contribution in [0.15, 0.2) is 54.7 Å². The van der Waals surface area contributed by atoms with Crippen molar-refractivity contribution in [3.05, 3.63) is 71.4 Å². The van der Waals surface area contributed by atoms with Gasteiger partial charge in [-0.25, -0.2) is 9.97 Å². The molecule has 3 N–H and O–H groups in total. The number of carbonyl (C=O) groups excluding carboxylic acids is 2. The van der Waals surface area contributed by atoms with Gasteiger partial charge >= 0.3 is 0 Å². The summed E-state index contributed by atoms with van der Waals surface area (Å²) in [4.78, 5) is 34.9. The van der Waals surface area contributed by atoms with Crippen molar-refractivity contribution in [2.24, 2.45) is 5.73 Å². The van der Waals surface area contributed by atoms with Crippen molar-refractivity contribution in [1.29, 1.82) is 0 Å². The molecule has 2 amide bonds. The lowest BCUT2D eigenvalue weighted by Crippen LogP contribution is -2.27. The molecule has 1 heterocycles. The van der Waals surface area contributed by atoms with Gasteiger partial charge in [-0.2, -0.15) is 0 Å². The van der Waals surface area contributed by atoms with Crippen molar-refractivity contribution in [2.75, 3.05) is 18.9 Å². The molecule has 3 rings (SSSR count). The molecule has 0 aliphatic rings. The fourth-order valence-corrected chi connectivity index (χ4v) is 3.67. The summed E-state index contributed by atoms with van der Waals surface area (Å²) in [5.41, 5.74) is 9.64. The summed E-state index contributed by atoms with van der Waals surface area (Å²) in [5.74, 6) is -0.0346. The number of aromatic nitrogens is 2. The van der Waals surface area contributed by atoms with Crippen LogP contribution in [0.4, 0.5) is 11.6 Å². The van der Waals surface area contributed by atoms with Crippen LogP contribution in [-0.2, 0) is 0 Å². The molecule has 0 saturated heterocycles. The maximum absolute atomic E-state index is 12.6. The van der Waals surface area contributed by atoms with E-state index < -0.39 is 5.91 Å². The molecule has 1 aromatic heterocycles. The van der Waals surface area contributed by atoms with E-state index in [4.69, 9.17) is 5.73 Å². The molecule has 0 fully saturated rings. The van der Waals surface area contributed by atoms with Crippen molar-refractivity contribution in [3.63, 3.8) is 0 Å². The number of nitrogens with one attached hydrogen (secondary N) is 1. The Labute approximate surface area is 195 Å². The van der Waals surface area contributed by atoms with Crippen LogP contribution >= 0.6 is 0 Å². The minimum Gasteiger partial charge on any atom is -0.366 e. The van der Waals surface area contributed by atoms with E-state index in [1.165, 1.54) is 12.8 Å². The van der Waals surface area contributed by atoms with Crippen molar-refractivity contribution >= 4 is 23.5 Å². The van der Waals surface area contributed by atoms with Crippen LogP contribution in [-0.4, -0.2) is 40.3 Å². The Morgan fingerprint density at radius 3 is 2.48 bits per heavy atom. The van der Waals surface area contributed by atoms with E-state index in [0.717, 1.165) is 36.2 Å². The predicted octanol–water partition coefficient (Wildman–Crippen LogP) is 4.95. The topological polar surface area (TPSA) is 101 Å². The van der Waals surface area contributed by atoms with Gasteiger partial charge in [-0.1, -0.05) is 38.3 Å². The summed E-state index contributed by atoms with van der Waals surface area (Å²) in [7, 11) is 1.84. The summed E-state index contributed by atoms with van der Waals surface area (Å²) in [6, 6.07) is 14.5. The fourth-order valence-electron chi connectivity index (χ4n) is 3.67. The molecule has 0 spiro atoms. The van der Waals surface area contributed by atoms with E-state index in [2.05, 4.69) is 22.2 Å². The Morgan fingerprint density at radius 2 is 1.79 bits per heavy atom. The number of nitrogens with two attached hydrogens (primary N) is 1. The third kappa shape index (κ3) is 6.16. The largest absolute Gasteiger partial charge is 0.366 e. The van der Waals surface area contributed by atoms with Gasteiger partial charge in [-0.3, -0.25) is 9.59 Å². The number of rotatable bonds is 10. The summed E-state index contributed by atoms with van der Waals surface area (Å²) >= 11 is 0. The molecule has 33 heavy (non-hydrogen) atoms. The standard InChI is InChI=1S/C26H31N5O2/c1-4-5-6-7-17-31(3)25(33)19-11-13-20(14-12-19)29-26-28-16-15-23(30-26)21-9-8-10-22(18(21)2)24(27)32/h8-16H,4-7,17H2,1-3H3,(H2,27,32)(H,28,29,30). The number of hydrogen-bond donors (Lipinski definition) is 2. The first kappa shape index (κ1) is 23.9. The SMILES string of the molecule is CCCCCCN(C)C(=O)c1ccc(Nc2nccc(-c3cccc(C(N)=O)c3C)n2)cc1. The highest BCUT2D eigenvalue weighted by atomic mass is 16.2. The van der Waals surface area contributed by atoms with Gasteiger partial charge < -0.3 is 16.0 Å². The molecular formula is C26H31N5O2. The summed E-state index contributed by atoms with van der Waals surface area (Å²) < 4.78 is 0. The zero-order valence-electron chi connectivity index (χ0n) is 19.5. The minimum atomic E-state index is -0.469. The lowest BCUT2D eigenvalue weighted by Gasteiger charge is -2.17. The van der Waals surface area contributed by atoms with Gasteiger partial charge in [0.15, 0.2) is 0 Å². The van der Waals surface area contributed by atoms with Crippen molar-refractivity contribution < 1.29 is 9.59 Å². The smallest absolute Gasteiger partial charge is 0.253 e. The molecule has 0 aliphatic carbocycles. The second-order valence-corrected chi connectivity index (χ2v) is 8.10. The van der Waals surface area contributed by atoms with Crippen molar-refractivity contribution in [2.45, 2.75) is 39.5 Å². The second kappa shape index (κ2) is 11.2. The molecule has 0 saturated carbocycles. The van der Waals surface area contributed by atoms with Crippen LogP contribution in [0.1, 0.15) is 58.9 Å². The Hall–Kier alpha value is -3.74. The molecule has 7 nitrogen and oxygen atoms in total. The zero-order chi connectivity index (χ0) is 23.8. The maximum atomic E-state index is 12.6. The Kier molecular flexibility index (Phi) is 8.13. The first-order chi connectivity index (χ1) is 15.9. The molecule has 2 aromatic carbocycles. The van der Waals surface area contributed by atoms with Gasteiger partial charge in [0.25, 0.3) is 5.91 Å². The van der Waals surface area contributed by atoms with E-state index >= 15 is 0 Å². The van der Waals surface area contributed by atoms with E-state index in [1.807, 2.05) is 32.2 Å². The first-order valence-electron chi connectivity index (χ1n) is 11.3. The highest BCUT2D eigenvalue weighted by Gasteiger charge is 2.13. The highest BCUT2D eigenvalue weighted by molar-refractivity contribution is 5.96. The van der Waals surface area contributed by atoms with Gasteiger partial charge in [0, 0.05) is 42.2 Å². The monoisotopic (exact) mass is 445 g/mol. The summed E-state index contributed by atoms with van der Waals surface area (Å²) in [6.45, 7) is 4.78. The molecule has 3 aromatic rings. The number of benzene rings is 2. The van der Waals surface area contributed by atoms with Crippen LogP contribution in [0.25, 0.3) is 11.3 Å². The highest BCUT2D eigenvalue weighted by Crippen LogP contribution is 2.25. The van der Waals surface area contributed by atoms with E-state index in [1.54, 1.807) is 41.4 Å². The molecule has 0 unspecified atom stereocenters. The Balaban J connectivity index is 1.69. The van der Waals surface area contributed by atoms with Gasteiger partial charge in [-0.15, -0.1) is 0 Å². The third-order valence-electron chi connectivity index (χ3n) is 5.61. The number of unbranched alkanes of at least 4 members (excludes halogenated alkanes) is 3. The van der Waals surface area contributed by atoms with Crippen molar-refractivity contribution in [3.8, 4) is 11.3 Å². The van der Waals surface area contributed by atoms with Crippen molar-refractivity contribution in [1.82, 2.24) is 14.9 Å². The van der Waals surface area contributed by atoms with E-state index in [-0.39, 0.29) is 5.91 Å². The summed E-state index contributed by atoms with van der Waals surface area (Å²) in [5, 5.41) is 3.18. The average molecular weight is 446 g/mol. The quantitative estimate of drug-likeness (QED) is 0.430. The Bertz CT molecular complexity index is 1110. The number of amides is 2. The second-order valence-electron chi connectivity index (χ2n) is 8.10. The lowest BCUT2D eigenvalue weighted by atomic mass is 9.99. The first-order valence-corrected chi connectivity index (χ1v) is 11.3. The average Bonchev–Trinajstić information content (AvgIpc) is 2.82. The molecule has 0 atom stereocenters. The van der Waals surface area contributed by atoms with Gasteiger partial charge in [0.2, 0.25) is 11.9 Å². The number of nitrogens with zero attached hydrogens (tertiary/aromatic N) is 3. The van der Waals surface area contributed by atoms with E-state index in [9.17, 15) is 9.59 Å². The van der Waals surface area contributed by atoms with Crippen LogP contribution < -0.4 is 11.1 Å². The van der Waals surface area contributed by atoms with Crippen LogP contribution in [0.5, 0.6) is 0 Å². The van der Waals surface area contributed by atoms with Gasteiger partial charge in [0.1, 0.15) is 0 Å². The lowest BCUT2D eigenvalue weighted by molar-refractivity contribution is 0.0792. The molecule has 0 radical (unpaired) electrons. The molecular weight excluding hydrogens is 414 g/mol.